The van der Waals surface area contributed by atoms with Gasteiger partial charge in [0, 0.05) is 30.9 Å². The van der Waals surface area contributed by atoms with Crippen molar-refractivity contribution < 1.29 is 14.3 Å². The van der Waals surface area contributed by atoms with Crippen molar-refractivity contribution in [2.45, 2.75) is 20.0 Å². The van der Waals surface area contributed by atoms with E-state index in [1.165, 1.54) is 12.4 Å². The number of nitrogens with zero attached hydrogens (tertiary/aromatic N) is 4. The SMILES string of the molecule is CC(C)Oc1cc(Oc2cnc(N)cn2)cc(C(=O)Nc2ccn(C)n2)c1. The maximum absolute atomic E-state index is 12.6. The van der Waals surface area contributed by atoms with Gasteiger partial charge < -0.3 is 20.5 Å². The highest BCUT2D eigenvalue weighted by molar-refractivity contribution is 6.04. The molecule has 9 nitrogen and oxygen atoms in total. The minimum absolute atomic E-state index is 0.0664. The van der Waals surface area contributed by atoms with E-state index in [1.54, 1.807) is 42.2 Å². The molecule has 9 heteroatoms. The number of nitrogens with one attached hydrogen (secondary N) is 1. The number of aryl methyl sites for hydroxylation is 1. The first kappa shape index (κ1) is 18.2. The Morgan fingerprint density at radius 2 is 1.96 bits per heavy atom. The summed E-state index contributed by atoms with van der Waals surface area (Å²) in [4.78, 5) is 20.6. The van der Waals surface area contributed by atoms with Crippen molar-refractivity contribution in [1.82, 2.24) is 19.7 Å². The van der Waals surface area contributed by atoms with Crippen LogP contribution in [0.1, 0.15) is 24.2 Å². The predicted octanol–water partition coefficient (Wildman–Crippen LogP) is 2.62. The van der Waals surface area contributed by atoms with E-state index in [0.717, 1.165) is 0 Å². The molecule has 27 heavy (non-hydrogen) atoms. The monoisotopic (exact) mass is 368 g/mol. The van der Waals surface area contributed by atoms with Crippen LogP contribution in [0, 0.1) is 0 Å². The molecule has 0 fully saturated rings. The zero-order valence-electron chi connectivity index (χ0n) is 15.2. The lowest BCUT2D eigenvalue weighted by Crippen LogP contribution is -2.13. The van der Waals surface area contributed by atoms with Gasteiger partial charge in [0.2, 0.25) is 5.88 Å². The van der Waals surface area contributed by atoms with Crippen LogP contribution in [0.4, 0.5) is 11.6 Å². The second kappa shape index (κ2) is 7.73. The molecule has 0 aliphatic carbocycles. The number of carbonyl (C=O) groups is 1. The van der Waals surface area contributed by atoms with Gasteiger partial charge >= 0.3 is 0 Å². The average Bonchev–Trinajstić information content (AvgIpc) is 3.01. The van der Waals surface area contributed by atoms with Crippen molar-refractivity contribution in [2.24, 2.45) is 7.05 Å². The predicted molar refractivity (Wildman–Crippen MR) is 99.9 cm³/mol. The van der Waals surface area contributed by atoms with Gasteiger partial charge in [-0.15, -0.1) is 0 Å². The summed E-state index contributed by atoms with van der Waals surface area (Å²) >= 11 is 0. The minimum Gasteiger partial charge on any atom is -0.491 e. The molecule has 0 aliphatic rings. The highest BCUT2D eigenvalue weighted by atomic mass is 16.5. The number of amides is 1. The van der Waals surface area contributed by atoms with Crippen LogP contribution in [0.3, 0.4) is 0 Å². The molecule has 3 N–H and O–H groups in total. The molecule has 1 aromatic carbocycles. The van der Waals surface area contributed by atoms with Gasteiger partial charge in [-0.25, -0.2) is 9.97 Å². The number of anilines is 2. The van der Waals surface area contributed by atoms with Gasteiger partial charge in [0.25, 0.3) is 5.91 Å². The number of hydrogen-bond acceptors (Lipinski definition) is 7. The summed E-state index contributed by atoms with van der Waals surface area (Å²) in [6.07, 6.45) is 4.46. The first-order chi connectivity index (χ1) is 12.9. The van der Waals surface area contributed by atoms with E-state index in [1.807, 2.05) is 13.8 Å². The normalized spacial score (nSPS) is 10.7. The number of hydrogen-bond donors (Lipinski definition) is 2. The third kappa shape index (κ3) is 4.94. The van der Waals surface area contributed by atoms with E-state index in [9.17, 15) is 4.79 Å². The number of benzene rings is 1. The second-order valence-corrected chi connectivity index (χ2v) is 6.07. The number of rotatable bonds is 6. The van der Waals surface area contributed by atoms with Crippen molar-refractivity contribution in [3.05, 3.63) is 48.4 Å². The smallest absolute Gasteiger partial charge is 0.257 e. The zero-order chi connectivity index (χ0) is 19.4. The fourth-order valence-electron chi connectivity index (χ4n) is 2.27. The van der Waals surface area contributed by atoms with Crippen LogP contribution in [0.2, 0.25) is 0 Å². The summed E-state index contributed by atoms with van der Waals surface area (Å²) in [5.74, 6) is 1.54. The zero-order valence-corrected chi connectivity index (χ0v) is 15.2. The Balaban J connectivity index is 1.87. The average molecular weight is 368 g/mol. The summed E-state index contributed by atoms with van der Waals surface area (Å²) in [6, 6.07) is 6.60. The maximum atomic E-state index is 12.6. The number of carbonyl (C=O) groups excluding carboxylic acids is 1. The fourth-order valence-corrected chi connectivity index (χ4v) is 2.27. The van der Waals surface area contributed by atoms with Crippen molar-refractivity contribution in [2.75, 3.05) is 11.1 Å². The molecule has 0 bridgehead atoms. The van der Waals surface area contributed by atoms with E-state index in [2.05, 4.69) is 20.4 Å². The number of nitrogen functional groups attached to an aromatic ring is 1. The van der Waals surface area contributed by atoms with Gasteiger partial charge in [0.15, 0.2) is 5.82 Å². The minimum atomic E-state index is -0.337. The molecule has 2 heterocycles. The molecule has 140 valence electrons. The second-order valence-electron chi connectivity index (χ2n) is 6.07. The third-order valence-electron chi connectivity index (χ3n) is 3.34. The van der Waals surface area contributed by atoms with Gasteiger partial charge in [-0.1, -0.05) is 0 Å². The van der Waals surface area contributed by atoms with E-state index in [4.69, 9.17) is 15.2 Å². The van der Waals surface area contributed by atoms with Crippen LogP contribution in [0.5, 0.6) is 17.4 Å². The first-order valence-electron chi connectivity index (χ1n) is 8.27. The Morgan fingerprint density at radius 3 is 2.59 bits per heavy atom. The molecule has 0 unspecified atom stereocenters. The van der Waals surface area contributed by atoms with Crippen LogP contribution in [-0.4, -0.2) is 31.8 Å². The largest absolute Gasteiger partial charge is 0.491 e. The lowest BCUT2D eigenvalue weighted by Gasteiger charge is -2.13. The molecule has 0 aliphatic heterocycles. The number of aromatic nitrogens is 4. The highest BCUT2D eigenvalue weighted by Crippen LogP contribution is 2.27. The summed E-state index contributed by atoms with van der Waals surface area (Å²) < 4.78 is 13.0. The lowest BCUT2D eigenvalue weighted by molar-refractivity contribution is 0.102. The Bertz CT molecular complexity index is 937. The standard InChI is InChI=1S/C18H20N6O3/c1-11(2)26-13-6-12(18(25)22-16-4-5-24(3)23-16)7-14(8-13)27-17-10-20-15(19)9-21-17/h4-11H,1-3H3,(H2,19,20)(H,22,23,25). The molecule has 0 saturated carbocycles. The molecule has 2 aromatic heterocycles. The summed E-state index contributed by atoms with van der Waals surface area (Å²) in [5.41, 5.74) is 5.89. The molecule has 0 atom stereocenters. The van der Waals surface area contributed by atoms with Crippen LogP contribution in [-0.2, 0) is 7.05 Å². The van der Waals surface area contributed by atoms with Gasteiger partial charge in [-0.3, -0.25) is 9.48 Å². The van der Waals surface area contributed by atoms with Crippen LogP contribution >= 0.6 is 0 Å². The first-order valence-corrected chi connectivity index (χ1v) is 8.27. The van der Waals surface area contributed by atoms with Gasteiger partial charge in [-0.05, 0) is 26.0 Å². The number of nitrogens with two attached hydrogens (primary N) is 1. The van der Waals surface area contributed by atoms with E-state index in [0.29, 0.717) is 22.9 Å². The Labute approximate surface area is 156 Å². The summed E-state index contributed by atoms with van der Waals surface area (Å²) in [7, 11) is 1.77. The molecule has 0 spiro atoms. The Hall–Kier alpha value is -3.62. The molecular formula is C18H20N6O3. The maximum Gasteiger partial charge on any atom is 0.257 e. The molecular weight excluding hydrogens is 348 g/mol. The summed E-state index contributed by atoms with van der Waals surface area (Å²) in [6.45, 7) is 3.79. The third-order valence-corrected chi connectivity index (χ3v) is 3.34. The van der Waals surface area contributed by atoms with E-state index >= 15 is 0 Å². The van der Waals surface area contributed by atoms with Gasteiger partial charge in [0.1, 0.15) is 17.3 Å². The summed E-state index contributed by atoms with van der Waals surface area (Å²) in [5, 5.41) is 6.87. The van der Waals surface area contributed by atoms with Crippen LogP contribution in [0.25, 0.3) is 0 Å². The molecule has 1 amide bonds. The van der Waals surface area contributed by atoms with E-state index in [-0.39, 0.29) is 23.7 Å². The Kier molecular flexibility index (Phi) is 5.20. The molecule has 0 saturated heterocycles. The molecule has 3 rings (SSSR count). The van der Waals surface area contributed by atoms with Gasteiger partial charge in [0.05, 0.1) is 18.5 Å². The van der Waals surface area contributed by atoms with Crippen molar-refractivity contribution >= 4 is 17.5 Å². The van der Waals surface area contributed by atoms with Gasteiger partial charge in [-0.2, -0.15) is 5.10 Å². The van der Waals surface area contributed by atoms with Crippen LogP contribution in [0.15, 0.2) is 42.9 Å². The highest BCUT2D eigenvalue weighted by Gasteiger charge is 2.13. The number of ether oxygens (including phenoxy) is 2. The van der Waals surface area contributed by atoms with Crippen molar-refractivity contribution in [1.29, 1.82) is 0 Å². The molecule has 3 aromatic rings. The fraction of sp³-hybridized carbons (Fsp3) is 0.222. The van der Waals surface area contributed by atoms with Crippen LogP contribution < -0.4 is 20.5 Å². The van der Waals surface area contributed by atoms with Crippen molar-refractivity contribution in [3.8, 4) is 17.4 Å². The van der Waals surface area contributed by atoms with E-state index < -0.39 is 0 Å². The van der Waals surface area contributed by atoms with Crippen molar-refractivity contribution in [3.63, 3.8) is 0 Å². The Morgan fingerprint density at radius 1 is 1.19 bits per heavy atom. The topological polar surface area (TPSA) is 117 Å². The quantitative estimate of drug-likeness (QED) is 0.687. The molecule has 0 radical (unpaired) electrons. The lowest BCUT2D eigenvalue weighted by atomic mass is 10.2.